The van der Waals surface area contributed by atoms with Crippen molar-refractivity contribution < 1.29 is 20.3 Å². The number of nitrogen functional groups attached to an aromatic ring is 1. The molecule has 3 rings (SSSR count). The number of hydrogen-bond donors (Lipinski definition) is 4. The smallest absolute Gasteiger partial charge is 0.164 e. The monoisotopic (exact) mass is 330 g/mol. The summed E-state index contributed by atoms with van der Waals surface area (Å²) in [6, 6.07) is 15.6. The number of aliphatic hydroxyl groups is 1. The van der Waals surface area contributed by atoms with E-state index in [1.807, 2.05) is 30.3 Å². The Hall–Kier alpha value is -1.96. The highest BCUT2D eigenvalue weighted by Crippen LogP contribution is 2.44. The number of quaternary nitrogens is 1. The fraction of sp³-hybridized carbons (Fsp3) is 0.333. The number of benzene rings is 2. The van der Waals surface area contributed by atoms with Gasteiger partial charge in [0.15, 0.2) is 11.8 Å². The van der Waals surface area contributed by atoms with Crippen LogP contribution in [-0.4, -0.2) is 22.1 Å². The van der Waals surface area contributed by atoms with Crippen LogP contribution in [0.3, 0.4) is 0 Å². The lowest BCUT2D eigenvalue weighted by Crippen LogP contribution is -3.10. The van der Waals surface area contributed by atoms with E-state index in [4.69, 9.17) is 10.5 Å². The Labute approximate surface area is 140 Å². The van der Waals surface area contributed by atoms with Crippen molar-refractivity contribution in [3.63, 3.8) is 0 Å². The largest absolute Gasteiger partial charge is 0.600 e. The number of nitrogens with two attached hydrogens (primary N) is 1. The summed E-state index contributed by atoms with van der Waals surface area (Å²) < 4.78 is 5.76. The maximum Gasteiger partial charge on any atom is 0.164 e. The fourth-order valence-electron chi connectivity index (χ4n) is 3.49. The van der Waals surface area contributed by atoms with Gasteiger partial charge >= 0.3 is 0 Å². The number of ether oxygens (including phenoxy) is 1. The molecule has 5 atom stereocenters. The van der Waals surface area contributed by atoms with Crippen molar-refractivity contribution in [1.82, 2.24) is 0 Å². The van der Waals surface area contributed by atoms with Gasteiger partial charge < -0.3 is 20.8 Å². The highest BCUT2D eigenvalue weighted by atomic mass is 16.8. The molecule has 1 unspecified atom stereocenters. The van der Waals surface area contributed by atoms with Gasteiger partial charge in [-0.1, -0.05) is 48.5 Å². The second kappa shape index (κ2) is 6.51. The van der Waals surface area contributed by atoms with Gasteiger partial charge in [-0.15, -0.1) is 0 Å². The van der Waals surface area contributed by atoms with Gasteiger partial charge in [0.2, 0.25) is 0 Å². The van der Waals surface area contributed by atoms with E-state index in [1.165, 1.54) is 0 Å². The standard InChI is InChI=1S/C18H22N2O4/c1-18(21)11-14(12-7-3-2-4-8-12)16(20(22)23)17(24-18)13-9-5-6-10-15(13)19/h2-10,14,16-17,20-22H,11,19H2,1H3/t14-,16+,17-,18+/m1/s1. The van der Waals surface area contributed by atoms with E-state index in [-0.39, 0.29) is 12.3 Å². The summed E-state index contributed by atoms with van der Waals surface area (Å²) in [5, 5.41) is 31.5. The highest BCUT2D eigenvalue weighted by molar-refractivity contribution is 5.48. The average Bonchev–Trinajstić information content (AvgIpc) is 2.54. The Morgan fingerprint density at radius 2 is 1.79 bits per heavy atom. The zero-order valence-electron chi connectivity index (χ0n) is 13.4. The van der Waals surface area contributed by atoms with Crippen LogP contribution in [0.15, 0.2) is 54.6 Å². The van der Waals surface area contributed by atoms with Crippen LogP contribution in [0.1, 0.15) is 36.5 Å². The normalized spacial score (nSPS) is 31.6. The maximum absolute atomic E-state index is 12.0. The summed E-state index contributed by atoms with van der Waals surface area (Å²) in [4.78, 5) is 0. The first kappa shape index (κ1) is 16.9. The number of hydroxylamine groups is 2. The summed E-state index contributed by atoms with van der Waals surface area (Å²) >= 11 is 0. The molecule has 5 N–H and O–H groups in total. The topological polar surface area (TPSA) is 103 Å². The zero-order chi connectivity index (χ0) is 17.3. The van der Waals surface area contributed by atoms with E-state index < -0.39 is 23.2 Å². The molecule has 0 radical (unpaired) electrons. The second-order valence-electron chi connectivity index (χ2n) is 6.43. The van der Waals surface area contributed by atoms with E-state index in [0.29, 0.717) is 11.3 Å². The van der Waals surface area contributed by atoms with Crippen LogP contribution in [0, 0.1) is 5.21 Å². The molecule has 1 saturated heterocycles. The predicted octanol–water partition coefficient (Wildman–Crippen LogP) is 1.36. The molecule has 0 aliphatic carbocycles. The molecule has 1 aliphatic heterocycles. The van der Waals surface area contributed by atoms with Gasteiger partial charge in [-0.05, 0) is 18.6 Å². The van der Waals surface area contributed by atoms with Crippen LogP contribution >= 0.6 is 0 Å². The van der Waals surface area contributed by atoms with Crippen molar-refractivity contribution in [3.05, 3.63) is 70.9 Å². The summed E-state index contributed by atoms with van der Waals surface area (Å²) in [5.41, 5.74) is 7.95. The van der Waals surface area contributed by atoms with Crippen molar-refractivity contribution in [2.24, 2.45) is 0 Å². The minimum absolute atomic E-state index is 0.206. The van der Waals surface area contributed by atoms with Crippen molar-refractivity contribution in [3.8, 4) is 0 Å². The van der Waals surface area contributed by atoms with Gasteiger partial charge in [0.1, 0.15) is 6.10 Å². The Morgan fingerprint density at radius 1 is 1.17 bits per heavy atom. The third kappa shape index (κ3) is 3.28. The van der Waals surface area contributed by atoms with E-state index in [2.05, 4.69) is 0 Å². The summed E-state index contributed by atoms with van der Waals surface area (Å²) in [6.45, 7) is 1.56. The quantitative estimate of drug-likeness (QED) is 0.503. The van der Waals surface area contributed by atoms with Gasteiger partial charge in [0.05, 0.1) is 0 Å². The fourth-order valence-corrected chi connectivity index (χ4v) is 3.49. The molecule has 6 nitrogen and oxygen atoms in total. The van der Waals surface area contributed by atoms with Gasteiger partial charge in [-0.25, -0.2) is 10.4 Å². The summed E-state index contributed by atoms with van der Waals surface area (Å²) in [6.07, 6.45) is -0.616. The third-order valence-electron chi connectivity index (χ3n) is 4.55. The molecule has 0 amide bonds. The SMILES string of the molecule is C[C@@]1(O)C[C@H](c2ccccc2)[C@H]([NH+]([O-])O)[C@@H](c2ccccc2N)O1. The van der Waals surface area contributed by atoms with Crippen molar-refractivity contribution in [1.29, 1.82) is 0 Å². The van der Waals surface area contributed by atoms with Crippen LogP contribution in [0.4, 0.5) is 5.69 Å². The van der Waals surface area contributed by atoms with Crippen molar-refractivity contribution >= 4 is 5.69 Å². The van der Waals surface area contributed by atoms with Crippen molar-refractivity contribution in [2.75, 3.05) is 5.73 Å². The number of para-hydroxylation sites is 1. The average molecular weight is 330 g/mol. The molecule has 1 heterocycles. The lowest BCUT2D eigenvalue weighted by atomic mass is 9.79. The molecular formula is C18H22N2O4. The number of rotatable bonds is 3. The lowest BCUT2D eigenvalue weighted by molar-refractivity contribution is -1.07. The minimum Gasteiger partial charge on any atom is -0.600 e. The molecular weight excluding hydrogens is 308 g/mol. The lowest BCUT2D eigenvalue weighted by Gasteiger charge is -2.46. The summed E-state index contributed by atoms with van der Waals surface area (Å²) in [5.74, 6) is -1.81. The van der Waals surface area contributed by atoms with E-state index in [1.54, 1.807) is 31.2 Å². The molecule has 1 fully saturated rings. The highest BCUT2D eigenvalue weighted by Gasteiger charge is 2.49. The molecule has 24 heavy (non-hydrogen) atoms. The van der Waals surface area contributed by atoms with Crippen LogP contribution in [0.25, 0.3) is 0 Å². The number of hydrogen-bond acceptors (Lipinski definition) is 5. The Kier molecular flexibility index (Phi) is 4.58. The Morgan fingerprint density at radius 3 is 2.42 bits per heavy atom. The van der Waals surface area contributed by atoms with Gasteiger partial charge in [0.25, 0.3) is 0 Å². The van der Waals surface area contributed by atoms with Crippen LogP contribution in [0.5, 0.6) is 0 Å². The van der Waals surface area contributed by atoms with E-state index in [0.717, 1.165) is 5.56 Å². The molecule has 0 spiro atoms. The molecule has 0 aromatic heterocycles. The van der Waals surface area contributed by atoms with Crippen LogP contribution in [0.2, 0.25) is 0 Å². The third-order valence-corrected chi connectivity index (χ3v) is 4.55. The first-order chi connectivity index (χ1) is 11.4. The molecule has 6 heteroatoms. The summed E-state index contributed by atoms with van der Waals surface area (Å²) in [7, 11) is 0. The van der Waals surface area contributed by atoms with Crippen molar-refractivity contribution in [2.45, 2.75) is 37.2 Å². The molecule has 2 aromatic rings. The maximum atomic E-state index is 12.0. The Balaban J connectivity index is 2.08. The minimum atomic E-state index is -1.43. The van der Waals surface area contributed by atoms with Crippen LogP contribution < -0.4 is 11.0 Å². The van der Waals surface area contributed by atoms with E-state index in [9.17, 15) is 15.5 Å². The van der Waals surface area contributed by atoms with Crippen LogP contribution in [-0.2, 0) is 4.74 Å². The molecule has 0 bridgehead atoms. The van der Waals surface area contributed by atoms with E-state index >= 15 is 0 Å². The number of anilines is 1. The first-order valence-electron chi connectivity index (χ1n) is 7.91. The van der Waals surface area contributed by atoms with Gasteiger partial charge in [0, 0.05) is 23.6 Å². The van der Waals surface area contributed by atoms with Gasteiger partial charge in [-0.3, -0.25) is 0 Å². The molecule has 2 aromatic carbocycles. The molecule has 1 aliphatic rings. The Bertz CT molecular complexity index is 690. The first-order valence-corrected chi connectivity index (χ1v) is 7.91. The number of nitrogens with one attached hydrogen (secondary N) is 1. The zero-order valence-corrected chi connectivity index (χ0v) is 13.4. The predicted molar refractivity (Wildman–Crippen MR) is 89.0 cm³/mol. The second-order valence-corrected chi connectivity index (χ2v) is 6.43. The molecule has 0 saturated carbocycles. The molecule has 128 valence electrons. The van der Waals surface area contributed by atoms with Gasteiger partial charge in [-0.2, -0.15) is 0 Å².